The van der Waals surface area contributed by atoms with Crippen molar-refractivity contribution >= 4 is 12.4 Å². The fraction of sp³-hybridized carbons (Fsp3) is 0.400. The molecule has 3 heteroatoms. The van der Waals surface area contributed by atoms with Crippen molar-refractivity contribution in [1.82, 2.24) is 0 Å². The van der Waals surface area contributed by atoms with Crippen LogP contribution in [0.3, 0.4) is 0 Å². The van der Waals surface area contributed by atoms with E-state index in [-0.39, 0.29) is 18.4 Å². The molecule has 0 aromatic heterocycles. The number of hydrogen-bond acceptors (Lipinski definition) is 2. The van der Waals surface area contributed by atoms with E-state index in [0.29, 0.717) is 5.75 Å². The molecule has 0 saturated heterocycles. The Morgan fingerprint density at radius 2 is 2.15 bits per heavy atom. The second-order valence-electron chi connectivity index (χ2n) is 3.34. The number of phenols is 1. The Bertz CT molecular complexity index is 301. The normalized spacial score (nSPS) is 20.2. The van der Waals surface area contributed by atoms with Crippen molar-refractivity contribution in [2.24, 2.45) is 5.73 Å². The summed E-state index contributed by atoms with van der Waals surface area (Å²) in [4.78, 5) is 0. The first kappa shape index (κ1) is 10.4. The van der Waals surface area contributed by atoms with Crippen LogP contribution in [0, 0.1) is 0 Å². The molecule has 1 aromatic carbocycles. The minimum Gasteiger partial charge on any atom is -0.508 e. The lowest BCUT2D eigenvalue weighted by molar-refractivity contribution is 0.455. The SMILES string of the molecule is Cl.NC1CCCc2c(O)cccc21. The van der Waals surface area contributed by atoms with Crippen LogP contribution in [0.2, 0.25) is 0 Å². The van der Waals surface area contributed by atoms with Crippen molar-refractivity contribution in [3.63, 3.8) is 0 Å². The van der Waals surface area contributed by atoms with Gasteiger partial charge in [0.25, 0.3) is 0 Å². The molecule has 13 heavy (non-hydrogen) atoms. The molecule has 72 valence electrons. The molecule has 0 heterocycles. The maximum atomic E-state index is 9.52. The standard InChI is InChI=1S/C10H13NO.ClH/c11-9-5-1-4-8-7(9)3-2-6-10(8)12;/h2-3,6,9,12H,1,4-5,11H2;1H. The van der Waals surface area contributed by atoms with Gasteiger partial charge in [-0.1, -0.05) is 12.1 Å². The Morgan fingerprint density at radius 1 is 1.38 bits per heavy atom. The fourth-order valence-electron chi connectivity index (χ4n) is 1.87. The number of aromatic hydroxyl groups is 1. The third kappa shape index (κ3) is 1.79. The van der Waals surface area contributed by atoms with Gasteiger partial charge in [-0.15, -0.1) is 12.4 Å². The van der Waals surface area contributed by atoms with Gasteiger partial charge in [0, 0.05) is 6.04 Å². The predicted octanol–water partition coefficient (Wildman–Crippen LogP) is 2.15. The average molecular weight is 200 g/mol. The first-order chi connectivity index (χ1) is 5.79. The summed E-state index contributed by atoms with van der Waals surface area (Å²) in [5.74, 6) is 0.405. The Morgan fingerprint density at radius 3 is 2.85 bits per heavy atom. The second kappa shape index (κ2) is 3.99. The summed E-state index contributed by atoms with van der Waals surface area (Å²) in [5, 5.41) is 9.52. The zero-order chi connectivity index (χ0) is 8.55. The van der Waals surface area contributed by atoms with E-state index in [1.165, 1.54) is 0 Å². The highest BCUT2D eigenvalue weighted by molar-refractivity contribution is 5.85. The molecule has 0 fully saturated rings. The van der Waals surface area contributed by atoms with Crippen molar-refractivity contribution < 1.29 is 5.11 Å². The third-order valence-electron chi connectivity index (χ3n) is 2.53. The van der Waals surface area contributed by atoms with Crippen LogP contribution in [0.15, 0.2) is 18.2 Å². The lowest BCUT2D eigenvalue weighted by Gasteiger charge is -2.22. The monoisotopic (exact) mass is 199 g/mol. The van der Waals surface area contributed by atoms with E-state index in [1.807, 2.05) is 12.1 Å². The fourth-order valence-corrected chi connectivity index (χ4v) is 1.87. The molecule has 0 radical (unpaired) electrons. The number of benzene rings is 1. The van der Waals surface area contributed by atoms with E-state index < -0.39 is 0 Å². The molecular formula is C10H14ClNO. The molecule has 1 atom stereocenters. The van der Waals surface area contributed by atoms with E-state index in [1.54, 1.807) is 6.07 Å². The van der Waals surface area contributed by atoms with Gasteiger partial charge >= 0.3 is 0 Å². The van der Waals surface area contributed by atoms with Crippen molar-refractivity contribution in [3.8, 4) is 5.75 Å². The minimum absolute atomic E-state index is 0. The summed E-state index contributed by atoms with van der Waals surface area (Å²) in [5.41, 5.74) is 8.08. The highest BCUT2D eigenvalue weighted by atomic mass is 35.5. The summed E-state index contributed by atoms with van der Waals surface area (Å²) in [6.45, 7) is 0. The summed E-state index contributed by atoms with van der Waals surface area (Å²) in [7, 11) is 0. The molecular weight excluding hydrogens is 186 g/mol. The minimum atomic E-state index is 0. The van der Waals surface area contributed by atoms with E-state index in [0.717, 1.165) is 30.4 Å². The molecule has 0 bridgehead atoms. The van der Waals surface area contributed by atoms with Gasteiger partial charge in [0.15, 0.2) is 0 Å². The van der Waals surface area contributed by atoms with Crippen LogP contribution in [-0.4, -0.2) is 5.11 Å². The quantitative estimate of drug-likeness (QED) is 0.673. The molecule has 1 aliphatic rings. The first-order valence-corrected chi connectivity index (χ1v) is 4.35. The van der Waals surface area contributed by atoms with Gasteiger partial charge in [0.1, 0.15) is 5.75 Å². The molecule has 0 spiro atoms. The molecule has 0 amide bonds. The molecule has 2 rings (SSSR count). The summed E-state index contributed by atoms with van der Waals surface area (Å²) < 4.78 is 0. The number of halogens is 1. The van der Waals surface area contributed by atoms with Crippen molar-refractivity contribution in [3.05, 3.63) is 29.3 Å². The average Bonchev–Trinajstić information content (AvgIpc) is 2.07. The summed E-state index contributed by atoms with van der Waals surface area (Å²) >= 11 is 0. The predicted molar refractivity (Wildman–Crippen MR) is 55.2 cm³/mol. The van der Waals surface area contributed by atoms with Gasteiger partial charge in [0.2, 0.25) is 0 Å². The second-order valence-corrected chi connectivity index (χ2v) is 3.34. The van der Waals surface area contributed by atoms with E-state index in [9.17, 15) is 5.11 Å². The van der Waals surface area contributed by atoms with Crippen LogP contribution in [0.5, 0.6) is 5.75 Å². The van der Waals surface area contributed by atoms with Gasteiger partial charge < -0.3 is 10.8 Å². The van der Waals surface area contributed by atoms with E-state index >= 15 is 0 Å². The summed E-state index contributed by atoms with van der Waals surface area (Å²) in [6.07, 6.45) is 3.10. The van der Waals surface area contributed by atoms with Crippen molar-refractivity contribution in [2.45, 2.75) is 25.3 Å². The Balaban J connectivity index is 0.000000845. The van der Waals surface area contributed by atoms with Crippen LogP contribution in [0.25, 0.3) is 0 Å². The van der Waals surface area contributed by atoms with Gasteiger partial charge in [0.05, 0.1) is 0 Å². The van der Waals surface area contributed by atoms with Crippen LogP contribution < -0.4 is 5.73 Å². The maximum absolute atomic E-state index is 9.52. The molecule has 1 aliphatic carbocycles. The molecule has 0 saturated carbocycles. The highest BCUT2D eigenvalue weighted by Gasteiger charge is 2.18. The van der Waals surface area contributed by atoms with Crippen LogP contribution in [-0.2, 0) is 6.42 Å². The van der Waals surface area contributed by atoms with E-state index in [2.05, 4.69) is 0 Å². The van der Waals surface area contributed by atoms with Crippen molar-refractivity contribution in [1.29, 1.82) is 0 Å². The summed E-state index contributed by atoms with van der Waals surface area (Å²) in [6, 6.07) is 5.73. The lowest BCUT2D eigenvalue weighted by atomic mass is 9.88. The number of hydrogen-bond donors (Lipinski definition) is 2. The molecule has 0 aliphatic heterocycles. The maximum Gasteiger partial charge on any atom is 0.119 e. The van der Waals surface area contributed by atoms with Gasteiger partial charge in [-0.05, 0) is 36.5 Å². The van der Waals surface area contributed by atoms with Crippen LogP contribution >= 0.6 is 12.4 Å². The Hall–Kier alpha value is -0.730. The largest absolute Gasteiger partial charge is 0.508 e. The molecule has 2 nitrogen and oxygen atoms in total. The molecule has 3 N–H and O–H groups in total. The Labute approximate surface area is 84.2 Å². The van der Waals surface area contributed by atoms with Gasteiger partial charge in [-0.25, -0.2) is 0 Å². The zero-order valence-electron chi connectivity index (χ0n) is 7.36. The number of phenolic OH excluding ortho intramolecular Hbond substituents is 1. The smallest absolute Gasteiger partial charge is 0.119 e. The van der Waals surface area contributed by atoms with Gasteiger partial charge in [-0.3, -0.25) is 0 Å². The van der Waals surface area contributed by atoms with Crippen molar-refractivity contribution in [2.75, 3.05) is 0 Å². The van der Waals surface area contributed by atoms with Crippen LogP contribution in [0.4, 0.5) is 0 Å². The first-order valence-electron chi connectivity index (χ1n) is 4.35. The van der Waals surface area contributed by atoms with Gasteiger partial charge in [-0.2, -0.15) is 0 Å². The van der Waals surface area contributed by atoms with Crippen LogP contribution in [0.1, 0.15) is 30.0 Å². The topological polar surface area (TPSA) is 46.2 Å². The molecule has 1 unspecified atom stereocenters. The Kier molecular flexibility index (Phi) is 3.17. The lowest BCUT2D eigenvalue weighted by Crippen LogP contribution is -2.17. The number of fused-ring (bicyclic) bond motifs is 1. The third-order valence-corrected chi connectivity index (χ3v) is 2.53. The highest BCUT2D eigenvalue weighted by Crippen LogP contribution is 2.32. The zero-order valence-corrected chi connectivity index (χ0v) is 8.18. The number of nitrogens with two attached hydrogens (primary N) is 1. The number of rotatable bonds is 0. The van der Waals surface area contributed by atoms with E-state index in [4.69, 9.17) is 5.73 Å². The molecule has 1 aromatic rings.